The van der Waals surface area contributed by atoms with Gasteiger partial charge in [0.1, 0.15) is 0 Å². The zero-order valence-electron chi connectivity index (χ0n) is 9.40. The van der Waals surface area contributed by atoms with Gasteiger partial charge in [0.05, 0.1) is 19.8 Å². The lowest BCUT2D eigenvalue weighted by molar-refractivity contribution is 0.0394. The van der Waals surface area contributed by atoms with Crippen molar-refractivity contribution in [2.75, 3.05) is 59.0 Å². The number of hydrogen-bond acceptors (Lipinski definition) is 4. The van der Waals surface area contributed by atoms with Gasteiger partial charge in [-0.25, -0.2) is 0 Å². The maximum atomic E-state index is 5.29. The van der Waals surface area contributed by atoms with Gasteiger partial charge in [0.2, 0.25) is 0 Å². The molecule has 0 aliphatic carbocycles. The average molecular weight is 211 g/mol. The molecule has 86 valence electrons. The first kappa shape index (κ1) is 11.0. The smallest absolute Gasteiger partial charge is 0.0594 e. The zero-order valence-corrected chi connectivity index (χ0v) is 9.40. The van der Waals surface area contributed by atoms with E-state index in [0.717, 1.165) is 45.8 Å². The molecule has 0 aromatic rings. The second-order valence-corrected chi connectivity index (χ2v) is 4.17. The first-order chi connectivity index (χ1) is 7.45. The Labute approximate surface area is 91.9 Å². The van der Waals surface area contributed by atoms with Crippen LogP contribution in [0.2, 0.25) is 0 Å². The van der Waals surface area contributed by atoms with Crippen LogP contribution in [0.3, 0.4) is 0 Å². The number of rotatable bonds is 6. The van der Waals surface area contributed by atoms with Crippen molar-refractivity contribution in [2.45, 2.75) is 6.42 Å². The van der Waals surface area contributed by atoms with Gasteiger partial charge in [-0.1, -0.05) is 0 Å². The van der Waals surface area contributed by atoms with Gasteiger partial charge in [0, 0.05) is 45.5 Å². The van der Waals surface area contributed by atoms with E-state index in [1.165, 1.54) is 19.6 Å². The molecular weight excluding hydrogens is 190 g/mol. The number of aliphatic imine (C=N–C) groups is 1. The van der Waals surface area contributed by atoms with Crippen LogP contribution in [0.25, 0.3) is 0 Å². The SMILES string of the molecule is C(CCN1CC1)=NCCN1CCOCC1. The van der Waals surface area contributed by atoms with Gasteiger partial charge in [-0.05, 0) is 6.42 Å². The van der Waals surface area contributed by atoms with Crippen molar-refractivity contribution >= 4 is 6.21 Å². The zero-order chi connectivity index (χ0) is 10.3. The number of nitrogens with zero attached hydrogens (tertiary/aromatic N) is 3. The van der Waals surface area contributed by atoms with Crippen LogP contribution in [0.15, 0.2) is 4.99 Å². The molecule has 0 N–H and O–H groups in total. The van der Waals surface area contributed by atoms with E-state index in [4.69, 9.17) is 4.74 Å². The van der Waals surface area contributed by atoms with Gasteiger partial charge in [-0.15, -0.1) is 0 Å². The second kappa shape index (κ2) is 6.20. The molecule has 0 unspecified atom stereocenters. The Morgan fingerprint density at radius 1 is 1.00 bits per heavy atom. The highest BCUT2D eigenvalue weighted by Crippen LogP contribution is 2.02. The van der Waals surface area contributed by atoms with Gasteiger partial charge in [0.15, 0.2) is 0 Å². The van der Waals surface area contributed by atoms with Crippen LogP contribution in [0, 0.1) is 0 Å². The van der Waals surface area contributed by atoms with Crippen LogP contribution in [0.4, 0.5) is 0 Å². The molecule has 2 saturated heterocycles. The van der Waals surface area contributed by atoms with E-state index in [1.807, 2.05) is 0 Å². The first-order valence-electron chi connectivity index (χ1n) is 5.96. The largest absolute Gasteiger partial charge is 0.379 e. The van der Waals surface area contributed by atoms with E-state index in [-0.39, 0.29) is 0 Å². The van der Waals surface area contributed by atoms with Crippen LogP contribution < -0.4 is 0 Å². The van der Waals surface area contributed by atoms with Crippen molar-refractivity contribution in [1.82, 2.24) is 9.80 Å². The average Bonchev–Trinajstić information content (AvgIpc) is 3.09. The molecule has 0 atom stereocenters. The molecule has 0 aromatic carbocycles. The summed E-state index contributed by atoms with van der Waals surface area (Å²) in [7, 11) is 0. The van der Waals surface area contributed by atoms with E-state index in [2.05, 4.69) is 21.0 Å². The maximum Gasteiger partial charge on any atom is 0.0594 e. The summed E-state index contributed by atoms with van der Waals surface area (Å²) in [5.41, 5.74) is 0. The first-order valence-corrected chi connectivity index (χ1v) is 5.96. The molecule has 15 heavy (non-hydrogen) atoms. The van der Waals surface area contributed by atoms with Gasteiger partial charge in [-0.2, -0.15) is 0 Å². The highest BCUT2D eigenvalue weighted by atomic mass is 16.5. The van der Waals surface area contributed by atoms with E-state index in [0.29, 0.717) is 0 Å². The maximum absolute atomic E-state index is 5.29. The fourth-order valence-electron chi connectivity index (χ4n) is 1.74. The molecule has 0 saturated carbocycles. The molecule has 2 heterocycles. The summed E-state index contributed by atoms with van der Waals surface area (Å²) < 4.78 is 5.29. The van der Waals surface area contributed by atoms with Gasteiger partial charge < -0.3 is 9.64 Å². The molecule has 0 radical (unpaired) electrons. The molecular formula is C11H21N3O. The van der Waals surface area contributed by atoms with Crippen molar-refractivity contribution in [3.63, 3.8) is 0 Å². The van der Waals surface area contributed by atoms with Crippen LogP contribution in [-0.4, -0.2) is 75.0 Å². The Balaban J connectivity index is 1.45. The highest BCUT2D eigenvalue weighted by Gasteiger charge is 2.14. The van der Waals surface area contributed by atoms with Crippen molar-refractivity contribution in [3.05, 3.63) is 0 Å². The Bertz CT molecular complexity index is 198. The summed E-state index contributed by atoms with van der Waals surface area (Å²) in [6, 6.07) is 0. The molecule has 2 aliphatic heterocycles. The van der Waals surface area contributed by atoms with Crippen molar-refractivity contribution in [2.24, 2.45) is 4.99 Å². The number of ether oxygens (including phenoxy) is 1. The fourth-order valence-corrected chi connectivity index (χ4v) is 1.74. The van der Waals surface area contributed by atoms with E-state index < -0.39 is 0 Å². The molecule has 2 fully saturated rings. The molecule has 0 amide bonds. The molecule has 0 spiro atoms. The van der Waals surface area contributed by atoms with Crippen LogP contribution in [0.1, 0.15) is 6.42 Å². The molecule has 4 nitrogen and oxygen atoms in total. The normalized spacial score (nSPS) is 23.7. The minimum atomic E-state index is 0.888. The molecule has 2 rings (SSSR count). The lowest BCUT2D eigenvalue weighted by atomic mass is 10.4. The third-order valence-corrected chi connectivity index (χ3v) is 2.89. The van der Waals surface area contributed by atoms with Gasteiger partial charge >= 0.3 is 0 Å². The van der Waals surface area contributed by atoms with Crippen LogP contribution in [0.5, 0.6) is 0 Å². The third-order valence-electron chi connectivity index (χ3n) is 2.89. The van der Waals surface area contributed by atoms with Crippen molar-refractivity contribution in [3.8, 4) is 0 Å². The third kappa shape index (κ3) is 4.73. The summed E-state index contributed by atoms with van der Waals surface area (Å²) in [5.74, 6) is 0. The lowest BCUT2D eigenvalue weighted by Gasteiger charge is -2.25. The Morgan fingerprint density at radius 2 is 1.73 bits per heavy atom. The molecule has 2 aliphatic rings. The van der Waals surface area contributed by atoms with Gasteiger partial charge in [0.25, 0.3) is 0 Å². The number of morpholine rings is 1. The van der Waals surface area contributed by atoms with Crippen molar-refractivity contribution in [1.29, 1.82) is 0 Å². The Hall–Kier alpha value is -0.450. The quantitative estimate of drug-likeness (QED) is 0.460. The lowest BCUT2D eigenvalue weighted by Crippen LogP contribution is -2.37. The van der Waals surface area contributed by atoms with Crippen molar-refractivity contribution < 1.29 is 4.74 Å². The summed E-state index contributed by atoms with van der Waals surface area (Å²) >= 11 is 0. The summed E-state index contributed by atoms with van der Waals surface area (Å²) in [4.78, 5) is 9.28. The second-order valence-electron chi connectivity index (χ2n) is 4.17. The highest BCUT2D eigenvalue weighted by molar-refractivity contribution is 5.57. The standard InChI is InChI=1S/C11H21N3O/c1(4-13-6-7-13)2-12-3-5-14-8-10-15-11-9-14/h2H,1,3-11H2. The topological polar surface area (TPSA) is 27.8 Å². The molecule has 0 aromatic heterocycles. The summed E-state index contributed by atoms with van der Waals surface area (Å²) in [5, 5.41) is 0. The monoisotopic (exact) mass is 211 g/mol. The van der Waals surface area contributed by atoms with E-state index >= 15 is 0 Å². The molecule has 0 bridgehead atoms. The predicted octanol–water partition coefficient (Wildman–Crippen LogP) is 0.0951. The summed E-state index contributed by atoms with van der Waals surface area (Å²) in [6.07, 6.45) is 3.20. The molecule has 4 heteroatoms. The number of hydrogen-bond donors (Lipinski definition) is 0. The minimum absolute atomic E-state index is 0.888. The van der Waals surface area contributed by atoms with Gasteiger partial charge in [-0.3, -0.25) is 9.89 Å². The Morgan fingerprint density at radius 3 is 2.47 bits per heavy atom. The predicted molar refractivity (Wildman–Crippen MR) is 61.7 cm³/mol. The van der Waals surface area contributed by atoms with Crippen LogP contribution in [-0.2, 0) is 4.74 Å². The van der Waals surface area contributed by atoms with Crippen LogP contribution >= 0.6 is 0 Å². The Kier molecular flexibility index (Phi) is 4.57. The van der Waals surface area contributed by atoms with E-state index in [1.54, 1.807) is 0 Å². The van der Waals surface area contributed by atoms with E-state index in [9.17, 15) is 0 Å². The fraction of sp³-hybridized carbons (Fsp3) is 0.909. The minimum Gasteiger partial charge on any atom is -0.379 e. The summed E-state index contributed by atoms with van der Waals surface area (Å²) in [6.45, 7) is 9.73.